The summed E-state index contributed by atoms with van der Waals surface area (Å²) in [7, 11) is 0. The highest BCUT2D eigenvalue weighted by molar-refractivity contribution is 5.64. The third-order valence-corrected chi connectivity index (χ3v) is 5.64. The van der Waals surface area contributed by atoms with Crippen LogP contribution in [-0.4, -0.2) is 30.1 Å². The van der Waals surface area contributed by atoms with Crippen molar-refractivity contribution in [2.75, 3.05) is 6.61 Å². The third-order valence-electron chi connectivity index (χ3n) is 5.64. The van der Waals surface area contributed by atoms with E-state index in [0.717, 1.165) is 31.4 Å². The van der Waals surface area contributed by atoms with Gasteiger partial charge in [0.15, 0.2) is 0 Å². The van der Waals surface area contributed by atoms with Crippen molar-refractivity contribution in [1.82, 2.24) is 0 Å². The highest BCUT2D eigenvalue weighted by Crippen LogP contribution is 2.51. The predicted molar refractivity (Wildman–Crippen MR) is 86.9 cm³/mol. The fraction of sp³-hybridized carbons (Fsp3) is 0.632. The smallest absolute Gasteiger partial charge is 0.428 e. The van der Waals surface area contributed by atoms with Crippen LogP contribution >= 0.6 is 0 Å². The number of hydrogen-bond donors (Lipinski definition) is 0. The van der Waals surface area contributed by atoms with E-state index in [4.69, 9.17) is 18.9 Å². The molecule has 4 rings (SSSR count). The van der Waals surface area contributed by atoms with Crippen molar-refractivity contribution in [2.45, 2.75) is 63.4 Å². The zero-order chi connectivity index (χ0) is 16.9. The molecule has 1 aromatic rings. The molecular weight excluding hydrogens is 308 g/mol. The SMILES string of the molecule is CC(C)(OC(=O)Oc1ccc(C2CO2)cc1)C1CCC2(C)OC2C1. The molecule has 2 heterocycles. The van der Waals surface area contributed by atoms with Crippen LogP contribution in [0.25, 0.3) is 0 Å². The molecule has 3 aliphatic rings. The molecular formula is C19H24O5. The topological polar surface area (TPSA) is 60.6 Å². The molecule has 4 unspecified atom stereocenters. The van der Waals surface area contributed by atoms with Gasteiger partial charge >= 0.3 is 6.16 Å². The Bertz CT molecular complexity index is 634. The van der Waals surface area contributed by atoms with Gasteiger partial charge in [0.2, 0.25) is 0 Å². The van der Waals surface area contributed by atoms with E-state index < -0.39 is 11.8 Å². The molecule has 130 valence electrons. The first-order valence-corrected chi connectivity index (χ1v) is 8.66. The van der Waals surface area contributed by atoms with E-state index in [1.807, 2.05) is 26.0 Å². The van der Waals surface area contributed by atoms with E-state index in [1.54, 1.807) is 12.1 Å². The maximum absolute atomic E-state index is 12.2. The number of fused-ring (bicyclic) bond motifs is 1. The molecule has 0 amide bonds. The molecule has 0 spiro atoms. The normalized spacial score (nSPS) is 34.2. The molecule has 0 N–H and O–H groups in total. The van der Waals surface area contributed by atoms with Crippen molar-refractivity contribution in [2.24, 2.45) is 5.92 Å². The Balaban J connectivity index is 1.32. The molecule has 5 heteroatoms. The first-order chi connectivity index (χ1) is 11.4. The van der Waals surface area contributed by atoms with Crippen LogP contribution in [0.15, 0.2) is 24.3 Å². The number of benzene rings is 1. The summed E-state index contributed by atoms with van der Waals surface area (Å²) in [6, 6.07) is 7.38. The van der Waals surface area contributed by atoms with Gasteiger partial charge in [-0.05, 0) is 57.7 Å². The average Bonchev–Trinajstić information content (AvgIpc) is 3.41. The van der Waals surface area contributed by atoms with Crippen LogP contribution in [0.2, 0.25) is 0 Å². The van der Waals surface area contributed by atoms with Crippen LogP contribution in [0.5, 0.6) is 5.75 Å². The van der Waals surface area contributed by atoms with Crippen molar-refractivity contribution in [3.8, 4) is 5.75 Å². The van der Waals surface area contributed by atoms with E-state index in [2.05, 4.69) is 6.92 Å². The Kier molecular flexibility index (Phi) is 3.62. The molecule has 5 nitrogen and oxygen atoms in total. The predicted octanol–water partition coefficient (Wildman–Crippen LogP) is 4.01. The minimum atomic E-state index is -0.652. The summed E-state index contributed by atoms with van der Waals surface area (Å²) in [5, 5.41) is 0. The largest absolute Gasteiger partial charge is 0.514 e. The summed E-state index contributed by atoms with van der Waals surface area (Å²) in [5.41, 5.74) is 0.609. The summed E-state index contributed by atoms with van der Waals surface area (Å²) in [4.78, 5) is 12.2. The number of rotatable bonds is 4. The molecule has 2 aliphatic heterocycles. The Morgan fingerprint density at radius 3 is 2.62 bits per heavy atom. The molecule has 4 atom stereocenters. The van der Waals surface area contributed by atoms with Crippen LogP contribution in [0.4, 0.5) is 4.79 Å². The summed E-state index contributed by atoms with van der Waals surface area (Å²) in [6.07, 6.45) is 2.82. The van der Waals surface area contributed by atoms with E-state index in [1.165, 1.54) is 0 Å². The van der Waals surface area contributed by atoms with Gasteiger partial charge in [0.25, 0.3) is 0 Å². The molecule has 0 aromatic heterocycles. The van der Waals surface area contributed by atoms with Crippen LogP contribution in [-0.2, 0) is 14.2 Å². The quantitative estimate of drug-likeness (QED) is 0.474. The third kappa shape index (κ3) is 3.15. The maximum atomic E-state index is 12.2. The summed E-state index contributed by atoms with van der Waals surface area (Å²) < 4.78 is 21.9. The standard InChI is InChI=1S/C19H24O5/c1-18(2,13-8-9-19(3)16(10-13)23-19)24-17(20)22-14-6-4-12(5-7-14)15-11-21-15/h4-7,13,15-16H,8-11H2,1-3H3. The Morgan fingerprint density at radius 2 is 2.00 bits per heavy atom. The lowest BCUT2D eigenvalue weighted by molar-refractivity contribution is -0.0377. The Morgan fingerprint density at radius 1 is 1.29 bits per heavy atom. The lowest BCUT2D eigenvalue weighted by Crippen LogP contribution is -2.41. The molecule has 0 radical (unpaired) electrons. The molecule has 1 saturated carbocycles. The highest BCUT2D eigenvalue weighted by atomic mass is 16.7. The van der Waals surface area contributed by atoms with Crippen molar-refractivity contribution in [3.05, 3.63) is 29.8 Å². The second kappa shape index (κ2) is 5.46. The second-order valence-electron chi connectivity index (χ2n) is 7.84. The molecule has 1 aromatic carbocycles. The zero-order valence-corrected chi connectivity index (χ0v) is 14.4. The Hall–Kier alpha value is -1.59. The summed E-state index contributed by atoms with van der Waals surface area (Å²) >= 11 is 0. The van der Waals surface area contributed by atoms with Gasteiger partial charge in [0, 0.05) is 5.92 Å². The van der Waals surface area contributed by atoms with Crippen molar-refractivity contribution < 1.29 is 23.7 Å². The highest BCUT2D eigenvalue weighted by Gasteiger charge is 2.57. The van der Waals surface area contributed by atoms with E-state index in [0.29, 0.717) is 17.8 Å². The number of epoxide rings is 2. The van der Waals surface area contributed by atoms with Crippen LogP contribution in [0.3, 0.4) is 0 Å². The maximum Gasteiger partial charge on any atom is 0.514 e. The first-order valence-electron chi connectivity index (χ1n) is 8.66. The zero-order valence-electron chi connectivity index (χ0n) is 14.4. The number of ether oxygens (including phenoxy) is 4. The van der Waals surface area contributed by atoms with Crippen LogP contribution in [0.1, 0.15) is 51.7 Å². The number of hydrogen-bond acceptors (Lipinski definition) is 5. The van der Waals surface area contributed by atoms with Crippen molar-refractivity contribution in [1.29, 1.82) is 0 Å². The minimum Gasteiger partial charge on any atom is -0.428 e. The van der Waals surface area contributed by atoms with Gasteiger partial charge in [-0.25, -0.2) is 4.79 Å². The summed E-state index contributed by atoms with van der Waals surface area (Å²) in [6.45, 7) is 6.84. The van der Waals surface area contributed by atoms with Crippen molar-refractivity contribution >= 4 is 6.16 Å². The van der Waals surface area contributed by atoms with E-state index >= 15 is 0 Å². The van der Waals surface area contributed by atoms with Gasteiger partial charge in [-0.15, -0.1) is 0 Å². The van der Waals surface area contributed by atoms with Gasteiger partial charge in [0.05, 0.1) is 18.3 Å². The van der Waals surface area contributed by atoms with E-state index in [9.17, 15) is 4.79 Å². The van der Waals surface area contributed by atoms with Crippen LogP contribution < -0.4 is 4.74 Å². The lowest BCUT2D eigenvalue weighted by atomic mass is 9.75. The summed E-state index contributed by atoms with van der Waals surface area (Å²) in [5.74, 6) is 0.780. The van der Waals surface area contributed by atoms with Crippen molar-refractivity contribution in [3.63, 3.8) is 0 Å². The molecule has 2 saturated heterocycles. The lowest BCUT2D eigenvalue weighted by Gasteiger charge is -2.35. The number of carbonyl (C=O) groups is 1. The minimum absolute atomic E-state index is 0.0696. The molecule has 0 bridgehead atoms. The van der Waals surface area contributed by atoms with E-state index in [-0.39, 0.29) is 11.7 Å². The van der Waals surface area contributed by atoms with Gasteiger partial charge in [-0.3, -0.25) is 0 Å². The molecule has 1 aliphatic carbocycles. The fourth-order valence-electron chi connectivity index (χ4n) is 3.68. The fourth-order valence-corrected chi connectivity index (χ4v) is 3.68. The second-order valence-corrected chi connectivity index (χ2v) is 7.84. The van der Waals surface area contributed by atoms with Gasteiger partial charge in [-0.1, -0.05) is 12.1 Å². The monoisotopic (exact) mass is 332 g/mol. The molecule has 3 fully saturated rings. The average molecular weight is 332 g/mol. The Labute approximate surface area is 142 Å². The molecule has 24 heavy (non-hydrogen) atoms. The van der Waals surface area contributed by atoms with Gasteiger partial charge in [0.1, 0.15) is 17.5 Å². The number of carbonyl (C=O) groups excluding carboxylic acids is 1. The first kappa shape index (κ1) is 15.9. The van der Waals surface area contributed by atoms with Crippen LogP contribution in [0, 0.1) is 5.92 Å². The van der Waals surface area contributed by atoms with Gasteiger partial charge < -0.3 is 18.9 Å². The van der Waals surface area contributed by atoms with Gasteiger partial charge in [-0.2, -0.15) is 0 Å².